The first-order chi connectivity index (χ1) is 7.70. The lowest BCUT2D eigenvalue weighted by Crippen LogP contribution is -2.07. The number of fused-ring (bicyclic) bond motifs is 1. The maximum Gasteiger partial charge on any atom is 0.311 e. The zero-order valence-electron chi connectivity index (χ0n) is 8.68. The van der Waals surface area contributed by atoms with Gasteiger partial charge in [0.05, 0.1) is 18.7 Å². The van der Waals surface area contributed by atoms with Crippen LogP contribution in [0.25, 0.3) is 5.65 Å². The van der Waals surface area contributed by atoms with Crippen LogP contribution in [0, 0.1) is 0 Å². The van der Waals surface area contributed by atoms with Gasteiger partial charge in [0.25, 0.3) is 0 Å². The van der Waals surface area contributed by atoms with Crippen molar-refractivity contribution < 1.29 is 9.53 Å². The molecule has 0 saturated heterocycles. The summed E-state index contributed by atoms with van der Waals surface area (Å²) in [6.45, 7) is 2.14. The number of nitrogens with zero attached hydrogens (tertiary/aromatic N) is 3. The lowest BCUT2D eigenvalue weighted by atomic mass is 10.3. The predicted molar refractivity (Wildman–Crippen MR) is 58.3 cm³/mol. The van der Waals surface area contributed by atoms with Crippen molar-refractivity contribution in [3.05, 3.63) is 29.4 Å². The maximum absolute atomic E-state index is 11.3. The molecule has 0 aromatic carbocycles. The second-order valence-corrected chi connectivity index (χ2v) is 3.52. The van der Waals surface area contributed by atoms with Gasteiger partial charge < -0.3 is 9.14 Å². The topological polar surface area (TPSA) is 56.5 Å². The summed E-state index contributed by atoms with van der Waals surface area (Å²) in [6.07, 6.45) is 5.18. The van der Waals surface area contributed by atoms with E-state index in [1.165, 1.54) is 0 Å². The minimum atomic E-state index is -0.296. The molecule has 0 spiro atoms. The number of hydrogen-bond donors (Lipinski definition) is 0. The van der Waals surface area contributed by atoms with Gasteiger partial charge in [0.15, 0.2) is 10.8 Å². The van der Waals surface area contributed by atoms with Crippen LogP contribution in [0.1, 0.15) is 12.6 Å². The quantitative estimate of drug-likeness (QED) is 0.762. The summed E-state index contributed by atoms with van der Waals surface area (Å²) in [5.74, 6) is -0.296. The van der Waals surface area contributed by atoms with E-state index in [4.69, 9.17) is 16.3 Å². The average molecular weight is 240 g/mol. The number of rotatable bonds is 3. The fourth-order valence-electron chi connectivity index (χ4n) is 1.38. The normalized spacial score (nSPS) is 10.6. The third-order valence-electron chi connectivity index (χ3n) is 2.01. The van der Waals surface area contributed by atoms with Crippen molar-refractivity contribution >= 4 is 23.2 Å². The Bertz CT molecular complexity index is 524. The van der Waals surface area contributed by atoms with Crippen LogP contribution in [0.4, 0.5) is 0 Å². The van der Waals surface area contributed by atoms with Crippen molar-refractivity contribution in [1.82, 2.24) is 14.4 Å². The van der Waals surface area contributed by atoms with Crippen LogP contribution in [-0.4, -0.2) is 26.9 Å². The highest BCUT2D eigenvalue weighted by molar-refractivity contribution is 6.32. The maximum atomic E-state index is 11.3. The van der Waals surface area contributed by atoms with E-state index in [1.54, 1.807) is 29.9 Å². The molecule has 0 bridgehead atoms. The summed E-state index contributed by atoms with van der Waals surface area (Å²) in [6, 6.07) is 0. The van der Waals surface area contributed by atoms with E-state index in [0.29, 0.717) is 23.1 Å². The molecule has 0 saturated carbocycles. The Kier molecular flexibility index (Phi) is 3.05. The SMILES string of the molecule is CCOC(=O)Cc1cn2ccnc(Cl)c2n1. The van der Waals surface area contributed by atoms with Gasteiger partial charge in [0, 0.05) is 18.6 Å². The van der Waals surface area contributed by atoms with Crippen LogP contribution in [0.2, 0.25) is 5.15 Å². The minimum absolute atomic E-state index is 0.145. The van der Waals surface area contributed by atoms with Gasteiger partial charge in [-0.2, -0.15) is 0 Å². The molecule has 2 rings (SSSR count). The summed E-state index contributed by atoms with van der Waals surface area (Å²) in [4.78, 5) is 19.4. The predicted octanol–water partition coefficient (Wildman–Crippen LogP) is 1.49. The molecule has 84 valence electrons. The van der Waals surface area contributed by atoms with Crippen molar-refractivity contribution in [2.75, 3.05) is 6.61 Å². The Morgan fingerprint density at radius 3 is 3.12 bits per heavy atom. The highest BCUT2D eigenvalue weighted by atomic mass is 35.5. The van der Waals surface area contributed by atoms with Crippen molar-refractivity contribution in [2.45, 2.75) is 13.3 Å². The minimum Gasteiger partial charge on any atom is -0.466 e. The number of halogens is 1. The summed E-state index contributed by atoms with van der Waals surface area (Å²) in [5.41, 5.74) is 1.16. The van der Waals surface area contributed by atoms with Gasteiger partial charge in [-0.15, -0.1) is 0 Å². The number of carbonyl (C=O) groups is 1. The van der Waals surface area contributed by atoms with Gasteiger partial charge in [-0.1, -0.05) is 11.6 Å². The van der Waals surface area contributed by atoms with E-state index in [2.05, 4.69) is 9.97 Å². The molecule has 0 fully saturated rings. The summed E-state index contributed by atoms with van der Waals surface area (Å²) >= 11 is 5.86. The molecule has 2 heterocycles. The smallest absolute Gasteiger partial charge is 0.311 e. The van der Waals surface area contributed by atoms with E-state index < -0.39 is 0 Å². The highest BCUT2D eigenvalue weighted by Crippen LogP contribution is 2.13. The second-order valence-electron chi connectivity index (χ2n) is 3.16. The van der Waals surface area contributed by atoms with Gasteiger partial charge in [0.1, 0.15) is 0 Å². The molecule has 0 atom stereocenters. The number of aromatic nitrogens is 3. The summed E-state index contributed by atoms with van der Waals surface area (Å²) in [5, 5.41) is 0.317. The summed E-state index contributed by atoms with van der Waals surface area (Å²) in [7, 11) is 0. The zero-order valence-corrected chi connectivity index (χ0v) is 9.44. The molecule has 0 amide bonds. The largest absolute Gasteiger partial charge is 0.466 e. The van der Waals surface area contributed by atoms with Gasteiger partial charge in [-0.05, 0) is 6.92 Å². The van der Waals surface area contributed by atoms with E-state index >= 15 is 0 Å². The van der Waals surface area contributed by atoms with E-state index in [1.807, 2.05) is 0 Å². The number of hydrogen-bond acceptors (Lipinski definition) is 4. The average Bonchev–Trinajstić information content (AvgIpc) is 2.62. The Morgan fingerprint density at radius 1 is 1.62 bits per heavy atom. The molecule has 0 N–H and O–H groups in total. The van der Waals surface area contributed by atoms with Gasteiger partial charge in [-0.25, -0.2) is 9.97 Å². The van der Waals surface area contributed by atoms with Gasteiger partial charge >= 0.3 is 5.97 Å². The molecule has 0 aliphatic carbocycles. The van der Waals surface area contributed by atoms with Crippen LogP contribution < -0.4 is 0 Å². The standard InChI is InChI=1S/C10H10ClN3O2/c1-2-16-8(15)5-7-6-14-4-3-12-9(11)10(14)13-7/h3-4,6H,2,5H2,1H3. The number of esters is 1. The number of carbonyl (C=O) groups excluding carboxylic acids is 1. The van der Waals surface area contributed by atoms with Crippen LogP contribution in [0.15, 0.2) is 18.6 Å². The third kappa shape index (κ3) is 2.14. The fraction of sp³-hybridized carbons (Fsp3) is 0.300. The molecule has 2 aromatic heterocycles. The molecule has 0 aliphatic heterocycles. The zero-order chi connectivity index (χ0) is 11.5. The molecule has 2 aromatic rings. The highest BCUT2D eigenvalue weighted by Gasteiger charge is 2.10. The first-order valence-corrected chi connectivity index (χ1v) is 5.22. The van der Waals surface area contributed by atoms with Gasteiger partial charge in [-0.3, -0.25) is 4.79 Å². The van der Waals surface area contributed by atoms with E-state index in [0.717, 1.165) is 0 Å². The number of ether oxygens (including phenoxy) is 1. The first kappa shape index (κ1) is 10.9. The molecular weight excluding hydrogens is 230 g/mol. The van der Waals surface area contributed by atoms with Crippen molar-refractivity contribution in [1.29, 1.82) is 0 Å². The summed E-state index contributed by atoms with van der Waals surface area (Å²) < 4.78 is 6.56. The Balaban J connectivity index is 2.26. The van der Waals surface area contributed by atoms with Crippen LogP contribution in [0.5, 0.6) is 0 Å². The number of imidazole rings is 1. The van der Waals surface area contributed by atoms with Crippen LogP contribution in [-0.2, 0) is 16.0 Å². The van der Waals surface area contributed by atoms with E-state index in [-0.39, 0.29) is 12.4 Å². The van der Waals surface area contributed by atoms with Crippen molar-refractivity contribution in [3.8, 4) is 0 Å². The molecule has 5 nitrogen and oxygen atoms in total. The Hall–Kier alpha value is -1.62. The first-order valence-electron chi connectivity index (χ1n) is 4.84. The van der Waals surface area contributed by atoms with E-state index in [9.17, 15) is 4.79 Å². The monoisotopic (exact) mass is 239 g/mol. The Labute approximate surface area is 97.0 Å². The van der Waals surface area contributed by atoms with Crippen molar-refractivity contribution in [3.63, 3.8) is 0 Å². The lowest BCUT2D eigenvalue weighted by molar-refractivity contribution is -0.142. The molecule has 16 heavy (non-hydrogen) atoms. The van der Waals surface area contributed by atoms with Gasteiger partial charge in [0.2, 0.25) is 0 Å². The lowest BCUT2D eigenvalue weighted by Gasteiger charge is -1.97. The van der Waals surface area contributed by atoms with Crippen LogP contribution in [0.3, 0.4) is 0 Å². The van der Waals surface area contributed by atoms with Crippen LogP contribution >= 0.6 is 11.6 Å². The molecule has 0 unspecified atom stereocenters. The fourth-order valence-corrected chi connectivity index (χ4v) is 1.58. The molecule has 0 radical (unpaired) electrons. The molecule has 6 heteroatoms. The molecule has 0 aliphatic rings. The third-order valence-corrected chi connectivity index (χ3v) is 2.28. The van der Waals surface area contributed by atoms with Crippen molar-refractivity contribution in [2.24, 2.45) is 0 Å². The second kappa shape index (κ2) is 4.49. The molecular formula is C10H10ClN3O2. The Morgan fingerprint density at radius 2 is 2.44 bits per heavy atom.